The Bertz CT molecular complexity index is 442. The zero-order valence-electron chi connectivity index (χ0n) is 10.8. The number of hydrogen-bond acceptors (Lipinski definition) is 2. The van der Waals surface area contributed by atoms with Crippen LogP contribution in [0.15, 0.2) is 29.3 Å². The first-order valence-electron chi connectivity index (χ1n) is 5.67. The molecule has 0 saturated carbocycles. The van der Waals surface area contributed by atoms with Gasteiger partial charge in [0, 0.05) is 5.02 Å². The molecule has 0 spiro atoms. The molecule has 0 aliphatic carbocycles. The van der Waals surface area contributed by atoms with E-state index >= 15 is 0 Å². The largest absolute Gasteiger partial charge is 0.242 e. The third kappa shape index (κ3) is 3.69. The van der Waals surface area contributed by atoms with Crippen molar-refractivity contribution in [2.45, 2.75) is 39.7 Å². The van der Waals surface area contributed by atoms with E-state index in [4.69, 9.17) is 17.0 Å². The fourth-order valence-corrected chi connectivity index (χ4v) is 2.59. The van der Waals surface area contributed by atoms with Crippen LogP contribution in [0.2, 0.25) is 5.02 Å². The van der Waals surface area contributed by atoms with E-state index in [1.54, 1.807) is 0 Å². The average Bonchev–Trinajstić information content (AvgIpc) is 2.15. The van der Waals surface area contributed by atoms with Gasteiger partial charge >= 0.3 is 0 Å². The number of rotatable bonds is 3. The second-order valence-corrected chi connectivity index (χ2v) is 6.12. The molecule has 3 heteroatoms. The summed E-state index contributed by atoms with van der Waals surface area (Å²) in [7, 11) is 0. The van der Waals surface area contributed by atoms with Crippen LogP contribution in [0.25, 0.3) is 0 Å². The Morgan fingerprint density at radius 2 is 1.82 bits per heavy atom. The van der Waals surface area contributed by atoms with E-state index in [2.05, 4.69) is 31.8 Å². The summed E-state index contributed by atoms with van der Waals surface area (Å²) in [4.78, 5) is 4.20. The zero-order chi connectivity index (χ0) is 13.1. The van der Waals surface area contributed by atoms with Gasteiger partial charge in [-0.05, 0) is 30.4 Å². The van der Waals surface area contributed by atoms with Crippen molar-refractivity contribution in [1.29, 1.82) is 5.41 Å². The summed E-state index contributed by atoms with van der Waals surface area (Å²) in [5, 5.41) is 7.82. The third-order valence-corrected chi connectivity index (χ3v) is 2.96. The second kappa shape index (κ2) is 5.03. The second-order valence-electron chi connectivity index (χ2n) is 5.71. The molecule has 1 unspecified atom stereocenters. The van der Waals surface area contributed by atoms with Gasteiger partial charge in [-0.1, -0.05) is 50.6 Å². The van der Waals surface area contributed by atoms with Gasteiger partial charge in [-0.2, -0.15) is 0 Å². The molecule has 0 heterocycles. The summed E-state index contributed by atoms with van der Waals surface area (Å²) in [6.45, 7) is 8.46. The van der Waals surface area contributed by atoms with Gasteiger partial charge in [0.05, 0.1) is 11.5 Å². The van der Waals surface area contributed by atoms with Gasteiger partial charge in [-0.25, -0.2) is 10.4 Å². The summed E-state index contributed by atoms with van der Waals surface area (Å²) in [6.07, 6.45) is 0.815. The highest BCUT2D eigenvalue weighted by Crippen LogP contribution is 2.40. The van der Waals surface area contributed by atoms with Gasteiger partial charge in [-0.3, -0.25) is 0 Å². The van der Waals surface area contributed by atoms with Crippen molar-refractivity contribution in [1.82, 2.24) is 0 Å². The number of aliphatic imine (C=N–C) groups is 1. The molecule has 17 heavy (non-hydrogen) atoms. The molecular formula is C14H19ClN2. The van der Waals surface area contributed by atoms with Crippen LogP contribution >= 0.6 is 11.6 Å². The maximum absolute atomic E-state index is 7.13. The fraction of sp³-hybridized carbons (Fsp3) is 0.500. The molecule has 1 atom stereocenters. The molecule has 0 fully saturated rings. The van der Waals surface area contributed by atoms with Crippen molar-refractivity contribution in [3.8, 4) is 0 Å². The molecule has 0 aliphatic rings. The topological polar surface area (TPSA) is 36.2 Å². The minimum Gasteiger partial charge on any atom is -0.242 e. The molecule has 0 aromatic heterocycles. The standard InChI is InChI=1S/C14H19ClN2/c1-13(2,3)9-14(4,17-10-16)11-7-5-6-8-12(11)15/h5-8,16H,9H2,1-4H3. The van der Waals surface area contributed by atoms with Crippen LogP contribution in [-0.2, 0) is 5.54 Å². The minimum atomic E-state index is -0.488. The van der Waals surface area contributed by atoms with E-state index < -0.39 is 5.54 Å². The van der Waals surface area contributed by atoms with Crippen molar-refractivity contribution >= 4 is 17.6 Å². The van der Waals surface area contributed by atoms with Crippen molar-refractivity contribution in [2.75, 3.05) is 0 Å². The molecular weight excluding hydrogens is 232 g/mol. The van der Waals surface area contributed by atoms with Crippen LogP contribution in [0.3, 0.4) is 0 Å². The smallest absolute Gasteiger partial charge is 0.0957 e. The van der Waals surface area contributed by atoms with Crippen LogP contribution < -0.4 is 0 Å². The first-order valence-corrected chi connectivity index (χ1v) is 6.05. The van der Waals surface area contributed by atoms with Crippen molar-refractivity contribution in [2.24, 2.45) is 10.4 Å². The number of nitrogens with zero attached hydrogens (tertiary/aromatic N) is 1. The Morgan fingerprint density at radius 1 is 1.24 bits per heavy atom. The first kappa shape index (κ1) is 14.0. The van der Waals surface area contributed by atoms with Crippen LogP contribution in [0, 0.1) is 10.8 Å². The van der Waals surface area contributed by atoms with E-state index in [1.165, 1.54) is 0 Å². The minimum absolute atomic E-state index is 0.105. The molecule has 2 nitrogen and oxygen atoms in total. The van der Waals surface area contributed by atoms with Gasteiger partial charge in [0.25, 0.3) is 0 Å². The van der Waals surface area contributed by atoms with Crippen molar-refractivity contribution in [3.05, 3.63) is 34.9 Å². The molecule has 0 radical (unpaired) electrons. The summed E-state index contributed by atoms with van der Waals surface area (Å²) >= 11 is 6.22. The fourth-order valence-electron chi connectivity index (χ4n) is 2.25. The lowest BCUT2D eigenvalue weighted by molar-refractivity contribution is 0.276. The molecule has 1 aromatic rings. The molecule has 92 valence electrons. The van der Waals surface area contributed by atoms with Crippen LogP contribution in [-0.4, -0.2) is 6.01 Å². The number of benzene rings is 1. The van der Waals surface area contributed by atoms with Crippen molar-refractivity contribution < 1.29 is 0 Å². The average molecular weight is 251 g/mol. The lowest BCUT2D eigenvalue weighted by Crippen LogP contribution is -2.26. The normalized spacial score (nSPS) is 14.9. The highest BCUT2D eigenvalue weighted by molar-refractivity contribution is 6.31. The van der Waals surface area contributed by atoms with Gasteiger partial charge < -0.3 is 0 Å². The Balaban J connectivity index is 3.26. The lowest BCUT2D eigenvalue weighted by atomic mass is 9.77. The summed E-state index contributed by atoms with van der Waals surface area (Å²) in [6, 6.07) is 9.84. The van der Waals surface area contributed by atoms with Crippen LogP contribution in [0.1, 0.15) is 39.7 Å². The van der Waals surface area contributed by atoms with E-state index in [9.17, 15) is 0 Å². The Kier molecular flexibility index (Phi) is 4.13. The Hall–Kier alpha value is -1.11. The SMILES string of the molecule is CC(C)(C)CC(C)(N=C=N)c1ccccc1Cl. The summed E-state index contributed by atoms with van der Waals surface area (Å²) in [5.74, 6) is 0. The quantitative estimate of drug-likeness (QED) is 0.752. The summed E-state index contributed by atoms with van der Waals surface area (Å²) < 4.78 is 0. The number of halogens is 1. The van der Waals surface area contributed by atoms with E-state index in [-0.39, 0.29) is 5.41 Å². The highest BCUT2D eigenvalue weighted by atomic mass is 35.5. The van der Waals surface area contributed by atoms with Gasteiger partial charge in [0.2, 0.25) is 0 Å². The third-order valence-electron chi connectivity index (χ3n) is 2.63. The first-order chi connectivity index (χ1) is 7.78. The Morgan fingerprint density at radius 3 is 2.29 bits per heavy atom. The summed E-state index contributed by atoms with van der Waals surface area (Å²) in [5.41, 5.74) is 0.573. The van der Waals surface area contributed by atoms with Gasteiger partial charge in [-0.15, -0.1) is 0 Å². The molecule has 1 aromatic carbocycles. The maximum Gasteiger partial charge on any atom is 0.0957 e. The predicted molar refractivity (Wildman–Crippen MR) is 73.0 cm³/mol. The monoisotopic (exact) mass is 250 g/mol. The number of hydrogen-bond donors (Lipinski definition) is 1. The van der Waals surface area contributed by atoms with E-state index in [1.807, 2.05) is 31.2 Å². The van der Waals surface area contributed by atoms with Gasteiger partial charge in [0.15, 0.2) is 0 Å². The Labute approximate surface area is 108 Å². The molecule has 1 N–H and O–H groups in total. The highest BCUT2D eigenvalue weighted by Gasteiger charge is 2.32. The van der Waals surface area contributed by atoms with Crippen molar-refractivity contribution in [3.63, 3.8) is 0 Å². The van der Waals surface area contributed by atoms with Gasteiger partial charge in [0.1, 0.15) is 0 Å². The molecule has 0 bridgehead atoms. The maximum atomic E-state index is 7.13. The number of nitrogens with one attached hydrogen (secondary N) is 1. The zero-order valence-corrected chi connectivity index (χ0v) is 11.6. The van der Waals surface area contributed by atoms with E-state index in [0.29, 0.717) is 5.02 Å². The molecule has 1 rings (SSSR count). The molecule has 0 aliphatic heterocycles. The van der Waals surface area contributed by atoms with E-state index in [0.717, 1.165) is 12.0 Å². The molecule has 0 amide bonds. The van der Waals surface area contributed by atoms with Crippen LogP contribution in [0.5, 0.6) is 0 Å². The van der Waals surface area contributed by atoms with Crippen LogP contribution in [0.4, 0.5) is 0 Å². The predicted octanol–water partition coefficient (Wildman–Crippen LogP) is 4.74. The molecule has 0 saturated heterocycles. The lowest BCUT2D eigenvalue weighted by Gasteiger charge is -2.32.